The topological polar surface area (TPSA) is 71.4 Å². The summed E-state index contributed by atoms with van der Waals surface area (Å²) in [5, 5.41) is 7.93. The standard InChI is InChI=1S/C14H18O4S/c1-4-13(14(16)17)19(18)8-12(15)11-6-5-9(2)10(3)7-11/h5-7,13H,4,8H2,1-3H3,(H,16,17). The van der Waals surface area contributed by atoms with Crippen LogP contribution in [0.25, 0.3) is 0 Å². The molecular formula is C14H18O4S. The monoisotopic (exact) mass is 282 g/mol. The van der Waals surface area contributed by atoms with Crippen LogP contribution in [0.3, 0.4) is 0 Å². The van der Waals surface area contributed by atoms with E-state index in [0.717, 1.165) is 11.1 Å². The van der Waals surface area contributed by atoms with E-state index in [4.69, 9.17) is 5.11 Å². The van der Waals surface area contributed by atoms with Crippen LogP contribution >= 0.6 is 0 Å². The second-order valence-corrected chi connectivity index (χ2v) is 6.10. The molecule has 0 aliphatic heterocycles. The first-order valence-electron chi connectivity index (χ1n) is 6.07. The van der Waals surface area contributed by atoms with E-state index >= 15 is 0 Å². The van der Waals surface area contributed by atoms with Gasteiger partial charge in [0.1, 0.15) is 5.25 Å². The number of rotatable bonds is 6. The maximum atomic E-state index is 12.0. The highest BCUT2D eigenvalue weighted by Gasteiger charge is 2.24. The summed E-state index contributed by atoms with van der Waals surface area (Å²) in [5.41, 5.74) is 2.55. The molecule has 1 rings (SSSR count). The molecule has 0 spiro atoms. The molecule has 0 bridgehead atoms. The summed E-state index contributed by atoms with van der Waals surface area (Å²) >= 11 is 0. The van der Waals surface area contributed by atoms with Gasteiger partial charge in [0, 0.05) is 16.4 Å². The molecule has 2 unspecified atom stereocenters. The molecule has 0 radical (unpaired) electrons. The molecule has 0 fully saturated rings. The molecule has 1 aromatic carbocycles. The highest BCUT2D eigenvalue weighted by molar-refractivity contribution is 7.87. The minimum Gasteiger partial charge on any atom is -0.480 e. The van der Waals surface area contributed by atoms with Gasteiger partial charge in [0.05, 0.1) is 5.75 Å². The van der Waals surface area contributed by atoms with Gasteiger partial charge in [-0.2, -0.15) is 0 Å². The van der Waals surface area contributed by atoms with Crippen LogP contribution in [0.4, 0.5) is 0 Å². The third kappa shape index (κ3) is 3.99. The van der Waals surface area contributed by atoms with Crippen molar-refractivity contribution in [3.63, 3.8) is 0 Å². The smallest absolute Gasteiger partial charge is 0.319 e. The minimum absolute atomic E-state index is 0.243. The van der Waals surface area contributed by atoms with Crippen molar-refractivity contribution in [2.24, 2.45) is 0 Å². The lowest BCUT2D eigenvalue weighted by molar-refractivity contribution is -0.136. The molecule has 2 atom stereocenters. The summed E-state index contributed by atoms with van der Waals surface area (Å²) in [6.07, 6.45) is 0.252. The number of hydrogen-bond acceptors (Lipinski definition) is 3. The average Bonchev–Trinajstić information content (AvgIpc) is 2.32. The number of Topliss-reactive ketones (excluding diaryl/α,β-unsaturated/α-hetero) is 1. The second kappa shape index (κ2) is 6.61. The maximum absolute atomic E-state index is 12.0. The molecule has 104 valence electrons. The molecule has 5 heteroatoms. The lowest BCUT2D eigenvalue weighted by Crippen LogP contribution is -2.29. The normalized spacial score (nSPS) is 13.8. The molecule has 19 heavy (non-hydrogen) atoms. The van der Waals surface area contributed by atoms with Gasteiger partial charge in [0.25, 0.3) is 0 Å². The van der Waals surface area contributed by atoms with Crippen molar-refractivity contribution in [3.8, 4) is 0 Å². The molecule has 0 heterocycles. The summed E-state index contributed by atoms with van der Waals surface area (Å²) in [5.74, 6) is -1.64. The fraction of sp³-hybridized carbons (Fsp3) is 0.429. The van der Waals surface area contributed by atoms with E-state index in [1.165, 1.54) is 0 Å². The Bertz CT molecular complexity index is 522. The fourth-order valence-corrected chi connectivity index (χ4v) is 2.92. The van der Waals surface area contributed by atoms with Gasteiger partial charge in [0.2, 0.25) is 0 Å². The zero-order chi connectivity index (χ0) is 14.6. The summed E-state index contributed by atoms with van der Waals surface area (Å²) in [6, 6.07) is 5.26. The van der Waals surface area contributed by atoms with Crippen LogP contribution in [0, 0.1) is 13.8 Å². The van der Waals surface area contributed by atoms with Gasteiger partial charge in [0.15, 0.2) is 5.78 Å². The molecule has 0 aromatic heterocycles. The Hall–Kier alpha value is -1.49. The molecular weight excluding hydrogens is 264 g/mol. The molecule has 0 saturated carbocycles. The Labute approximate surface area is 115 Å². The zero-order valence-corrected chi connectivity index (χ0v) is 12.1. The Morgan fingerprint density at radius 2 is 1.89 bits per heavy atom. The Kier molecular flexibility index (Phi) is 5.42. The summed E-state index contributed by atoms with van der Waals surface area (Å²) in [6.45, 7) is 5.49. The Morgan fingerprint density at radius 3 is 2.37 bits per heavy atom. The lowest BCUT2D eigenvalue weighted by Gasteiger charge is -2.09. The number of carbonyl (C=O) groups is 2. The first-order chi connectivity index (χ1) is 8.86. The Balaban J connectivity index is 2.82. The number of benzene rings is 1. The van der Waals surface area contributed by atoms with Crippen molar-refractivity contribution < 1.29 is 18.9 Å². The number of carbonyl (C=O) groups excluding carboxylic acids is 1. The first-order valence-corrected chi connectivity index (χ1v) is 7.45. The number of carboxylic acids is 1. The largest absolute Gasteiger partial charge is 0.480 e. The average molecular weight is 282 g/mol. The van der Waals surface area contributed by atoms with E-state index in [-0.39, 0.29) is 18.0 Å². The summed E-state index contributed by atoms with van der Waals surface area (Å²) < 4.78 is 11.9. The molecule has 0 amide bonds. The van der Waals surface area contributed by atoms with Gasteiger partial charge in [-0.15, -0.1) is 0 Å². The van der Waals surface area contributed by atoms with Gasteiger partial charge in [-0.1, -0.05) is 19.1 Å². The van der Waals surface area contributed by atoms with E-state index in [1.54, 1.807) is 19.1 Å². The molecule has 0 saturated heterocycles. The van der Waals surface area contributed by atoms with Crippen LogP contribution < -0.4 is 0 Å². The van der Waals surface area contributed by atoms with Gasteiger partial charge in [-0.05, 0) is 37.5 Å². The predicted molar refractivity (Wildman–Crippen MR) is 75.0 cm³/mol. The number of ketones is 1. The predicted octanol–water partition coefficient (Wildman–Crippen LogP) is 2.10. The molecule has 4 nitrogen and oxygen atoms in total. The number of aliphatic carboxylic acids is 1. The number of carboxylic acid groups (broad SMARTS) is 1. The molecule has 0 aliphatic carbocycles. The van der Waals surface area contributed by atoms with Gasteiger partial charge in [-0.3, -0.25) is 13.8 Å². The second-order valence-electron chi connectivity index (χ2n) is 4.48. The minimum atomic E-state index is -1.68. The van der Waals surface area contributed by atoms with Crippen molar-refractivity contribution in [2.75, 3.05) is 5.75 Å². The van der Waals surface area contributed by atoms with Crippen LogP contribution in [0.5, 0.6) is 0 Å². The van der Waals surface area contributed by atoms with Crippen LogP contribution in [0.15, 0.2) is 18.2 Å². The van der Waals surface area contributed by atoms with E-state index < -0.39 is 22.0 Å². The van der Waals surface area contributed by atoms with E-state index in [2.05, 4.69) is 0 Å². The molecule has 0 aliphatic rings. The molecule has 1 N–H and O–H groups in total. The zero-order valence-electron chi connectivity index (χ0n) is 11.3. The van der Waals surface area contributed by atoms with Crippen molar-refractivity contribution in [2.45, 2.75) is 32.4 Å². The van der Waals surface area contributed by atoms with Crippen molar-refractivity contribution >= 4 is 22.6 Å². The van der Waals surface area contributed by atoms with Crippen LogP contribution in [-0.2, 0) is 15.6 Å². The third-order valence-electron chi connectivity index (χ3n) is 3.07. The highest BCUT2D eigenvalue weighted by Crippen LogP contribution is 2.12. The molecule has 1 aromatic rings. The first kappa shape index (κ1) is 15.6. The van der Waals surface area contributed by atoms with Crippen LogP contribution in [0.2, 0.25) is 0 Å². The van der Waals surface area contributed by atoms with Gasteiger partial charge < -0.3 is 5.11 Å². The quantitative estimate of drug-likeness (QED) is 0.811. The van der Waals surface area contributed by atoms with E-state index in [9.17, 15) is 13.8 Å². The lowest BCUT2D eigenvalue weighted by atomic mass is 10.0. The highest BCUT2D eigenvalue weighted by atomic mass is 32.2. The van der Waals surface area contributed by atoms with Gasteiger partial charge in [-0.25, -0.2) is 0 Å². The van der Waals surface area contributed by atoms with Gasteiger partial charge >= 0.3 is 5.97 Å². The van der Waals surface area contributed by atoms with Crippen molar-refractivity contribution in [3.05, 3.63) is 34.9 Å². The van der Waals surface area contributed by atoms with Crippen LogP contribution in [-0.4, -0.2) is 32.1 Å². The Morgan fingerprint density at radius 1 is 1.26 bits per heavy atom. The summed E-state index contributed by atoms with van der Waals surface area (Å²) in [4.78, 5) is 22.9. The SMILES string of the molecule is CCC(C(=O)O)S(=O)CC(=O)c1ccc(C)c(C)c1. The van der Waals surface area contributed by atoms with E-state index in [0.29, 0.717) is 5.56 Å². The number of hydrogen-bond donors (Lipinski definition) is 1. The van der Waals surface area contributed by atoms with E-state index in [1.807, 2.05) is 19.9 Å². The fourth-order valence-electron chi connectivity index (χ4n) is 1.70. The van der Waals surface area contributed by atoms with Crippen LogP contribution in [0.1, 0.15) is 34.8 Å². The summed E-state index contributed by atoms with van der Waals surface area (Å²) in [7, 11) is -1.68. The maximum Gasteiger partial charge on any atom is 0.319 e. The van der Waals surface area contributed by atoms with Crippen molar-refractivity contribution in [1.82, 2.24) is 0 Å². The number of aryl methyl sites for hydroxylation is 2. The van der Waals surface area contributed by atoms with Crippen molar-refractivity contribution in [1.29, 1.82) is 0 Å². The third-order valence-corrected chi connectivity index (χ3v) is 4.78.